The summed E-state index contributed by atoms with van der Waals surface area (Å²) in [6, 6.07) is 12.4. The van der Waals surface area contributed by atoms with Crippen molar-refractivity contribution in [3.05, 3.63) is 48.2 Å². The molecule has 1 N–H and O–H groups in total. The second-order valence-corrected chi connectivity index (χ2v) is 7.48. The summed E-state index contributed by atoms with van der Waals surface area (Å²) in [5.74, 6) is 0.106. The zero-order valence-electron chi connectivity index (χ0n) is 16.2. The Labute approximate surface area is 164 Å². The number of nitrogens with zero attached hydrogens (tertiary/aromatic N) is 2. The molecule has 1 aliphatic carbocycles. The second-order valence-electron chi connectivity index (χ2n) is 7.48. The van der Waals surface area contributed by atoms with Crippen molar-refractivity contribution in [1.82, 2.24) is 9.78 Å². The van der Waals surface area contributed by atoms with Crippen molar-refractivity contribution in [2.75, 3.05) is 0 Å². The third-order valence-corrected chi connectivity index (χ3v) is 5.52. The van der Waals surface area contributed by atoms with Gasteiger partial charge < -0.3 is 9.84 Å². The summed E-state index contributed by atoms with van der Waals surface area (Å²) in [5, 5.41) is 14.6. The molecule has 1 saturated carbocycles. The number of aromatic nitrogens is 2. The van der Waals surface area contributed by atoms with Crippen LogP contribution in [-0.4, -0.2) is 27.0 Å². The van der Waals surface area contributed by atoms with E-state index in [0.717, 1.165) is 52.7 Å². The molecule has 0 atom stereocenters. The molecule has 1 aliphatic rings. The number of fused-ring (bicyclic) bond motifs is 1. The van der Waals surface area contributed by atoms with Crippen molar-refractivity contribution in [3.63, 3.8) is 0 Å². The van der Waals surface area contributed by atoms with Crippen molar-refractivity contribution >= 4 is 16.9 Å². The van der Waals surface area contributed by atoms with E-state index >= 15 is 0 Å². The Morgan fingerprint density at radius 3 is 2.79 bits per heavy atom. The van der Waals surface area contributed by atoms with Gasteiger partial charge in [0.25, 0.3) is 0 Å². The van der Waals surface area contributed by atoms with Crippen LogP contribution in [0.2, 0.25) is 0 Å². The van der Waals surface area contributed by atoms with Gasteiger partial charge in [-0.25, -0.2) is 0 Å². The van der Waals surface area contributed by atoms with Gasteiger partial charge in [0, 0.05) is 23.9 Å². The summed E-state index contributed by atoms with van der Waals surface area (Å²) in [7, 11) is 0. The van der Waals surface area contributed by atoms with Gasteiger partial charge in [0.2, 0.25) is 0 Å². The Kier molecular flexibility index (Phi) is 5.33. The van der Waals surface area contributed by atoms with Crippen LogP contribution in [0.5, 0.6) is 5.75 Å². The number of aliphatic carboxylic acids is 1. The third-order valence-electron chi connectivity index (χ3n) is 5.52. The summed E-state index contributed by atoms with van der Waals surface area (Å²) in [5.41, 5.74) is 4.24. The van der Waals surface area contributed by atoms with Crippen molar-refractivity contribution in [3.8, 4) is 16.9 Å². The van der Waals surface area contributed by atoms with Gasteiger partial charge in [-0.2, -0.15) is 5.10 Å². The molecule has 4 rings (SSSR count). The summed E-state index contributed by atoms with van der Waals surface area (Å²) in [6.45, 7) is 2.92. The molecular formula is C23H26N2O3. The van der Waals surface area contributed by atoms with Crippen LogP contribution >= 0.6 is 0 Å². The van der Waals surface area contributed by atoms with Crippen LogP contribution in [0.1, 0.15) is 44.6 Å². The number of hydrogen-bond acceptors (Lipinski definition) is 3. The minimum Gasteiger partial charge on any atom is -0.490 e. The van der Waals surface area contributed by atoms with E-state index in [9.17, 15) is 4.79 Å². The zero-order valence-corrected chi connectivity index (χ0v) is 16.2. The average Bonchev–Trinajstić information content (AvgIpc) is 3.36. The van der Waals surface area contributed by atoms with Gasteiger partial charge in [-0.15, -0.1) is 0 Å². The summed E-state index contributed by atoms with van der Waals surface area (Å²) in [6.07, 6.45) is 7.46. The van der Waals surface area contributed by atoms with Crippen LogP contribution in [0.25, 0.3) is 22.0 Å². The van der Waals surface area contributed by atoms with Gasteiger partial charge in [0.15, 0.2) is 0 Å². The monoisotopic (exact) mass is 378 g/mol. The number of ether oxygens (including phenoxy) is 1. The van der Waals surface area contributed by atoms with Gasteiger partial charge in [0.1, 0.15) is 5.75 Å². The number of aryl methyl sites for hydroxylation is 2. The molecule has 0 amide bonds. The lowest BCUT2D eigenvalue weighted by Gasteiger charge is -2.18. The molecule has 3 aromatic rings. The molecule has 1 fully saturated rings. The van der Waals surface area contributed by atoms with E-state index in [1.807, 2.05) is 23.0 Å². The fourth-order valence-electron chi connectivity index (χ4n) is 4.00. The Morgan fingerprint density at radius 2 is 2.04 bits per heavy atom. The van der Waals surface area contributed by atoms with Crippen molar-refractivity contribution in [1.29, 1.82) is 0 Å². The summed E-state index contributed by atoms with van der Waals surface area (Å²) < 4.78 is 8.33. The van der Waals surface area contributed by atoms with E-state index in [1.165, 1.54) is 12.8 Å². The van der Waals surface area contributed by atoms with Gasteiger partial charge in [-0.1, -0.05) is 12.1 Å². The van der Waals surface area contributed by atoms with Gasteiger partial charge in [-0.05, 0) is 74.4 Å². The first-order valence-electron chi connectivity index (χ1n) is 10.1. The number of hydrogen-bond donors (Lipinski definition) is 1. The highest BCUT2D eigenvalue weighted by Gasteiger charge is 2.19. The van der Waals surface area contributed by atoms with E-state index < -0.39 is 5.97 Å². The number of rotatable bonds is 7. The molecular weight excluding hydrogens is 352 g/mol. The zero-order chi connectivity index (χ0) is 19.5. The SMILES string of the molecule is CCn1ncc2cc(-c3cc(CCC(=O)O)ccc3OC3CCCC3)ccc21. The van der Waals surface area contributed by atoms with Gasteiger partial charge >= 0.3 is 5.97 Å². The maximum Gasteiger partial charge on any atom is 0.303 e. The number of carbonyl (C=O) groups is 1. The lowest BCUT2D eigenvalue weighted by molar-refractivity contribution is -0.136. The second kappa shape index (κ2) is 8.05. The highest BCUT2D eigenvalue weighted by atomic mass is 16.5. The smallest absolute Gasteiger partial charge is 0.303 e. The Hall–Kier alpha value is -2.82. The van der Waals surface area contributed by atoms with E-state index in [4.69, 9.17) is 9.84 Å². The topological polar surface area (TPSA) is 64.4 Å². The maximum atomic E-state index is 11.0. The van der Waals surface area contributed by atoms with E-state index in [-0.39, 0.29) is 12.5 Å². The highest BCUT2D eigenvalue weighted by Crippen LogP contribution is 2.35. The Morgan fingerprint density at radius 1 is 1.21 bits per heavy atom. The highest BCUT2D eigenvalue weighted by molar-refractivity contribution is 5.86. The summed E-state index contributed by atoms with van der Waals surface area (Å²) in [4.78, 5) is 11.0. The minimum atomic E-state index is -0.777. The number of carboxylic acid groups (broad SMARTS) is 1. The first-order chi connectivity index (χ1) is 13.6. The minimum absolute atomic E-state index is 0.130. The van der Waals surface area contributed by atoms with Crippen LogP contribution in [0.4, 0.5) is 0 Å². The third kappa shape index (κ3) is 3.88. The molecule has 0 spiro atoms. The maximum absolute atomic E-state index is 11.0. The molecule has 0 radical (unpaired) electrons. The molecule has 1 heterocycles. The molecule has 146 valence electrons. The molecule has 28 heavy (non-hydrogen) atoms. The fraction of sp³-hybridized carbons (Fsp3) is 0.391. The molecule has 1 aromatic heterocycles. The van der Waals surface area contributed by atoms with E-state index in [0.29, 0.717) is 6.42 Å². The van der Waals surface area contributed by atoms with Gasteiger partial charge in [-0.3, -0.25) is 9.48 Å². The van der Waals surface area contributed by atoms with Crippen molar-refractivity contribution < 1.29 is 14.6 Å². The normalized spacial score (nSPS) is 14.6. The summed E-state index contributed by atoms with van der Waals surface area (Å²) >= 11 is 0. The van der Waals surface area contributed by atoms with E-state index in [2.05, 4.69) is 36.3 Å². The molecule has 0 saturated heterocycles. The van der Waals surface area contributed by atoms with E-state index in [1.54, 1.807) is 0 Å². The first-order valence-corrected chi connectivity index (χ1v) is 10.1. The fourth-order valence-corrected chi connectivity index (χ4v) is 4.00. The largest absolute Gasteiger partial charge is 0.490 e. The molecule has 2 aromatic carbocycles. The van der Waals surface area contributed by atoms with Crippen molar-refractivity contribution in [2.24, 2.45) is 0 Å². The first kappa shape index (κ1) is 18.5. The Bertz CT molecular complexity index is 987. The molecule has 0 unspecified atom stereocenters. The van der Waals surface area contributed by atoms with Crippen LogP contribution < -0.4 is 4.74 Å². The lowest BCUT2D eigenvalue weighted by atomic mass is 9.98. The van der Waals surface area contributed by atoms with Crippen LogP contribution in [0, 0.1) is 0 Å². The average molecular weight is 378 g/mol. The standard InChI is InChI=1S/C23H26N2O3/c1-2-25-21-10-9-17(14-18(21)15-24-25)20-13-16(8-12-23(26)27)7-11-22(20)28-19-5-3-4-6-19/h7,9-11,13-15,19H,2-6,8,12H2,1H3,(H,26,27). The van der Waals surface area contributed by atoms with Crippen LogP contribution in [-0.2, 0) is 17.8 Å². The van der Waals surface area contributed by atoms with Gasteiger partial charge in [0.05, 0.1) is 17.8 Å². The number of benzene rings is 2. The molecule has 5 heteroatoms. The van der Waals surface area contributed by atoms with Crippen molar-refractivity contribution in [2.45, 2.75) is 58.1 Å². The molecule has 5 nitrogen and oxygen atoms in total. The predicted octanol–water partition coefficient (Wildman–Crippen LogP) is 5.06. The quantitative estimate of drug-likeness (QED) is 0.624. The molecule has 0 aliphatic heterocycles. The lowest BCUT2D eigenvalue weighted by Crippen LogP contribution is -2.11. The predicted molar refractivity (Wildman–Crippen MR) is 110 cm³/mol. The molecule has 0 bridgehead atoms. The van der Waals surface area contributed by atoms with Crippen LogP contribution in [0.15, 0.2) is 42.6 Å². The number of carboxylic acids is 1. The Balaban J connectivity index is 1.72. The van der Waals surface area contributed by atoms with Crippen LogP contribution in [0.3, 0.4) is 0 Å².